The standard InChI is InChI=1S/C14H19NO3/c1-2-17-14(16)11-18-13-8-4-3-7-12(13)15-9-5-6-10-15/h3-4,7-8H,2,5-6,9-11H2,1H3. The van der Waals surface area contributed by atoms with Gasteiger partial charge in [0.05, 0.1) is 12.3 Å². The van der Waals surface area contributed by atoms with Gasteiger partial charge in [0.25, 0.3) is 0 Å². The topological polar surface area (TPSA) is 38.8 Å². The van der Waals surface area contributed by atoms with Gasteiger partial charge in [0, 0.05) is 13.1 Å². The monoisotopic (exact) mass is 249 g/mol. The Hall–Kier alpha value is -1.71. The maximum Gasteiger partial charge on any atom is 0.344 e. The molecule has 4 heteroatoms. The van der Waals surface area contributed by atoms with Crippen LogP contribution in [-0.4, -0.2) is 32.3 Å². The van der Waals surface area contributed by atoms with Gasteiger partial charge in [-0.1, -0.05) is 12.1 Å². The van der Waals surface area contributed by atoms with Crippen molar-refractivity contribution in [1.82, 2.24) is 0 Å². The highest BCUT2D eigenvalue weighted by Gasteiger charge is 2.16. The molecule has 18 heavy (non-hydrogen) atoms. The number of hydrogen-bond donors (Lipinski definition) is 0. The van der Waals surface area contributed by atoms with Crippen LogP contribution in [0.2, 0.25) is 0 Å². The molecule has 4 nitrogen and oxygen atoms in total. The van der Waals surface area contributed by atoms with Gasteiger partial charge in [-0.2, -0.15) is 0 Å². The van der Waals surface area contributed by atoms with E-state index in [4.69, 9.17) is 9.47 Å². The normalized spacial score (nSPS) is 14.6. The number of para-hydroxylation sites is 2. The van der Waals surface area contributed by atoms with Gasteiger partial charge in [-0.05, 0) is 31.9 Å². The summed E-state index contributed by atoms with van der Waals surface area (Å²) in [6.45, 7) is 4.25. The molecule has 1 fully saturated rings. The highest BCUT2D eigenvalue weighted by molar-refractivity contribution is 5.71. The lowest BCUT2D eigenvalue weighted by molar-refractivity contribution is -0.145. The van der Waals surface area contributed by atoms with E-state index in [1.165, 1.54) is 12.8 Å². The summed E-state index contributed by atoms with van der Waals surface area (Å²) in [4.78, 5) is 13.6. The summed E-state index contributed by atoms with van der Waals surface area (Å²) in [5, 5.41) is 0. The lowest BCUT2D eigenvalue weighted by Gasteiger charge is -2.20. The van der Waals surface area contributed by atoms with Gasteiger partial charge in [0.1, 0.15) is 5.75 Å². The van der Waals surface area contributed by atoms with Gasteiger partial charge in [-0.15, -0.1) is 0 Å². The fourth-order valence-electron chi connectivity index (χ4n) is 2.14. The number of carbonyl (C=O) groups excluding carboxylic acids is 1. The van der Waals surface area contributed by atoms with E-state index in [2.05, 4.69) is 4.90 Å². The number of nitrogens with zero attached hydrogens (tertiary/aromatic N) is 1. The first-order valence-electron chi connectivity index (χ1n) is 6.43. The van der Waals surface area contributed by atoms with Gasteiger partial charge < -0.3 is 14.4 Å². The van der Waals surface area contributed by atoms with E-state index in [0.29, 0.717) is 6.61 Å². The second-order valence-electron chi connectivity index (χ2n) is 4.26. The van der Waals surface area contributed by atoms with Gasteiger partial charge in [-0.3, -0.25) is 0 Å². The minimum absolute atomic E-state index is 0.0291. The molecule has 1 saturated heterocycles. The van der Waals surface area contributed by atoms with Gasteiger partial charge in [0.15, 0.2) is 6.61 Å². The molecule has 0 atom stereocenters. The van der Waals surface area contributed by atoms with Crippen molar-refractivity contribution in [3.8, 4) is 5.75 Å². The zero-order chi connectivity index (χ0) is 12.8. The first-order chi connectivity index (χ1) is 8.81. The van der Waals surface area contributed by atoms with Crippen LogP contribution < -0.4 is 9.64 Å². The SMILES string of the molecule is CCOC(=O)COc1ccccc1N1CCCC1. The smallest absolute Gasteiger partial charge is 0.344 e. The van der Waals surface area contributed by atoms with E-state index < -0.39 is 0 Å². The first kappa shape index (κ1) is 12.7. The van der Waals surface area contributed by atoms with Crippen LogP contribution in [-0.2, 0) is 9.53 Å². The summed E-state index contributed by atoms with van der Waals surface area (Å²) in [6.07, 6.45) is 2.43. The highest BCUT2D eigenvalue weighted by Crippen LogP contribution is 2.30. The van der Waals surface area contributed by atoms with Crippen molar-refractivity contribution in [2.75, 3.05) is 31.2 Å². The molecule has 0 aliphatic carbocycles. The van der Waals surface area contributed by atoms with Gasteiger partial charge in [-0.25, -0.2) is 4.79 Å². The van der Waals surface area contributed by atoms with Crippen molar-refractivity contribution in [3.05, 3.63) is 24.3 Å². The average Bonchev–Trinajstić information content (AvgIpc) is 2.91. The molecule has 2 rings (SSSR count). The Labute approximate surface area is 107 Å². The van der Waals surface area contributed by atoms with Gasteiger partial charge in [0.2, 0.25) is 0 Å². The minimum atomic E-state index is -0.325. The predicted octanol–water partition coefficient (Wildman–Crippen LogP) is 2.23. The Morgan fingerprint density at radius 2 is 2.00 bits per heavy atom. The van der Waals surface area contributed by atoms with Crippen molar-refractivity contribution in [2.45, 2.75) is 19.8 Å². The highest BCUT2D eigenvalue weighted by atomic mass is 16.6. The summed E-state index contributed by atoms with van der Waals surface area (Å²) in [6, 6.07) is 7.84. The van der Waals surface area contributed by atoms with Crippen LogP contribution in [0.3, 0.4) is 0 Å². The van der Waals surface area contributed by atoms with E-state index in [0.717, 1.165) is 24.5 Å². The maximum absolute atomic E-state index is 11.3. The molecule has 1 aromatic carbocycles. The third-order valence-electron chi connectivity index (χ3n) is 2.96. The summed E-state index contributed by atoms with van der Waals surface area (Å²) >= 11 is 0. The molecule has 0 spiro atoms. The Balaban J connectivity index is 2.00. The summed E-state index contributed by atoms with van der Waals surface area (Å²) in [5.41, 5.74) is 1.07. The van der Waals surface area contributed by atoms with E-state index in [9.17, 15) is 4.79 Å². The van der Waals surface area contributed by atoms with Crippen molar-refractivity contribution in [2.24, 2.45) is 0 Å². The second kappa shape index (κ2) is 6.28. The molecular formula is C14H19NO3. The molecule has 0 unspecified atom stereocenters. The van der Waals surface area contributed by atoms with Crippen LogP contribution in [0, 0.1) is 0 Å². The van der Waals surface area contributed by atoms with Crippen LogP contribution in [0.1, 0.15) is 19.8 Å². The number of anilines is 1. The molecule has 1 aromatic rings. The largest absolute Gasteiger partial charge is 0.480 e. The second-order valence-corrected chi connectivity index (χ2v) is 4.26. The first-order valence-corrected chi connectivity index (χ1v) is 6.43. The van der Waals surface area contributed by atoms with Crippen molar-refractivity contribution >= 4 is 11.7 Å². The molecule has 1 aliphatic heterocycles. The van der Waals surface area contributed by atoms with Crippen LogP contribution in [0.5, 0.6) is 5.75 Å². The van der Waals surface area contributed by atoms with Gasteiger partial charge >= 0.3 is 5.97 Å². The van der Waals surface area contributed by atoms with Crippen LogP contribution in [0.25, 0.3) is 0 Å². The minimum Gasteiger partial charge on any atom is -0.480 e. The summed E-state index contributed by atoms with van der Waals surface area (Å²) in [7, 11) is 0. The van der Waals surface area contributed by atoms with E-state index in [1.54, 1.807) is 6.92 Å². The fourth-order valence-corrected chi connectivity index (χ4v) is 2.14. The molecular weight excluding hydrogens is 230 g/mol. The average molecular weight is 249 g/mol. The Morgan fingerprint density at radius 3 is 2.72 bits per heavy atom. The van der Waals surface area contributed by atoms with Crippen molar-refractivity contribution < 1.29 is 14.3 Å². The molecule has 0 bridgehead atoms. The predicted molar refractivity (Wildman–Crippen MR) is 70.0 cm³/mol. The Morgan fingerprint density at radius 1 is 1.28 bits per heavy atom. The number of hydrogen-bond acceptors (Lipinski definition) is 4. The molecule has 1 heterocycles. The maximum atomic E-state index is 11.3. The number of esters is 1. The van der Waals surface area contributed by atoms with Crippen LogP contribution >= 0.6 is 0 Å². The molecule has 0 radical (unpaired) electrons. The van der Waals surface area contributed by atoms with Crippen LogP contribution in [0.15, 0.2) is 24.3 Å². The molecule has 0 saturated carbocycles. The molecule has 98 valence electrons. The molecule has 1 aliphatic rings. The number of carbonyl (C=O) groups is 1. The zero-order valence-electron chi connectivity index (χ0n) is 10.7. The Kier molecular flexibility index (Phi) is 4.45. The van der Waals surface area contributed by atoms with Crippen molar-refractivity contribution in [3.63, 3.8) is 0 Å². The van der Waals surface area contributed by atoms with Crippen LogP contribution in [0.4, 0.5) is 5.69 Å². The molecule has 0 amide bonds. The lowest BCUT2D eigenvalue weighted by atomic mass is 10.2. The molecule has 0 N–H and O–H groups in total. The lowest BCUT2D eigenvalue weighted by Crippen LogP contribution is -2.20. The zero-order valence-corrected chi connectivity index (χ0v) is 10.7. The van der Waals surface area contributed by atoms with E-state index >= 15 is 0 Å². The third kappa shape index (κ3) is 3.15. The number of rotatable bonds is 5. The van der Waals surface area contributed by atoms with E-state index in [-0.39, 0.29) is 12.6 Å². The third-order valence-corrected chi connectivity index (χ3v) is 2.96. The number of benzene rings is 1. The Bertz CT molecular complexity index is 400. The van der Waals surface area contributed by atoms with E-state index in [1.807, 2.05) is 24.3 Å². The summed E-state index contributed by atoms with van der Waals surface area (Å²) < 4.78 is 10.4. The summed E-state index contributed by atoms with van der Waals surface area (Å²) in [5.74, 6) is 0.432. The molecule has 0 aromatic heterocycles. The quantitative estimate of drug-likeness (QED) is 0.750. The van der Waals surface area contributed by atoms with Crippen molar-refractivity contribution in [1.29, 1.82) is 0 Å². The number of ether oxygens (including phenoxy) is 2. The fraction of sp³-hybridized carbons (Fsp3) is 0.500.